The van der Waals surface area contributed by atoms with Gasteiger partial charge in [0.25, 0.3) is 0 Å². The summed E-state index contributed by atoms with van der Waals surface area (Å²) in [4.78, 5) is 4.02. The summed E-state index contributed by atoms with van der Waals surface area (Å²) in [7, 11) is 0. The number of hydrogen-bond acceptors (Lipinski definition) is 2. The smallest absolute Gasteiger partial charge is 0.0670 e. The fourth-order valence-corrected chi connectivity index (χ4v) is 1.46. The molecule has 60 valence electrons. The predicted octanol–water partition coefficient (Wildman–Crippen LogP) is 2.03. The summed E-state index contributed by atoms with van der Waals surface area (Å²) < 4.78 is 0. The maximum absolute atomic E-state index is 8.57. The molecular formula is C10H10N2. The number of rotatable bonds is 2. The summed E-state index contributed by atoms with van der Waals surface area (Å²) in [5.41, 5.74) is 2.45. The highest BCUT2D eigenvalue weighted by molar-refractivity contribution is 5.32. The average molecular weight is 158 g/mol. The monoisotopic (exact) mass is 158 g/mol. The second-order valence-corrected chi connectivity index (χ2v) is 3.18. The zero-order chi connectivity index (χ0) is 8.39. The molecular weight excluding hydrogens is 148 g/mol. The average Bonchev–Trinajstić information content (AvgIpc) is 2.89. The SMILES string of the molecule is N#CCc1cnccc1C1CC1. The van der Waals surface area contributed by atoms with E-state index >= 15 is 0 Å². The van der Waals surface area contributed by atoms with Gasteiger partial charge in [-0.1, -0.05) is 0 Å². The minimum atomic E-state index is 0.500. The predicted molar refractivity (Wildman–Crippen MR) is 45.5 cm³/mol. The Morgan fingerprint density at radius 3 is 3.08 bits per heavy atom. The molecule has 0 amide bonds. The molecule has 2 heteroatoms. The molecule has 0 aromatic carbocycles. The lowest BCUT2D eigenvalue weighted by Gasteiger charge is -2.02. The summed E-state index contributed by atoms with van der Waals surface area (Å²) in [6.45, 7) is 0. The Balaban J connectivity index is 2.31. The van der Waals surface area contributed by atoms with Crippen LogP contribution in [0, 0.1) is 11.3 Å². The second-order valence-electron chi connectivity index (χ2n) is 3.18. The lowest BCUT2D eigenvalue weighted by atomic mass is 10.0. The van der Waals surface area contributed by atoms with Crippen LogP contribution in [0.5, 0.6) is 0 Å². The van der Waals surface area contributed by atoms with Crippen LogP contribution >= 0.6 is 0 Å². The van der Waals surface area contributed by atoms with Crippen LogP contribution in [0.4, 0.5) is 0 Å². The highest BCUT2D eigenvalue weighted by atomic mass is 14.6. The van der Waals surface area contributed by atoms with Crippen LogP contribution in [-0.2, 0) is 6.42 Å². The Morgan fingerprint density at radius 2 is 2.42 bits per heavy atom. The van der Waals surface area contributed by atoms with E-state index in [2.05, 4.69) is 11.1 Å². The van der Waals surface area contributed by atoms with Crippen molar-refractivity contribution in [2.45, 2.75) is 25.2 Å². The molecule has 0 saturated heterocycles. The van der Waals surface area contributed by atoms with Gasteiger partial charge in [-0.15, -0.1) is 0 Å². The second kappa shape index (κ2) is 2.94. The van der Waals surface area contributed by atoms with Gasteiger partial charge in [-0.25, -0.2) is 0 Å². The van der Waals surface area contributed by atoms with Gasteiger partial charge in [0.15, 0.2) is 0 Å². The minimum absolute atomic E-state index is 0.500. The number of nitriles is 1. The van der Waals surface area contributed by atoms with Gasteiger partial charge < -0.3 is 0 Å². The molecule has 1 aliphatic rings. The van der Waals surface area contributed by atoms with E-state index < -0.39 is 0 Å². The fraction of sp³-hybridized carbons (Fsp3) is 0.400. The van der Waals surface area contributed by atoms with E-state index in [4.69, 9.17) is 5.26 Å². The van der Waals surface area contributed by atoms with Crippen molar-refractivity contribution in [3.8, 4) is 6.07 Å². The Morgan fingerprint density at radius 1 is 1.58 bits per heavy atom. The summed E-state index contributed by atoms with van der Waals surface area (Å²) in [5.74, 6) is 0.719. The number of nitrogens with zero attached hydrogens (tertiary/aromatic N) is 2. The zero-order valence-corrected chi connectivity index (χ0v) is 6.83. The quantitative estimate of drug-likeness (QED) is 0.660. The topological polar surface area (TPSA) is 36.7 Å². The summed E-state index contributed by atoms with van der Waals surface area (Å²) in [5, 5.41) is 8.57. The third-order valence-corrected chi connectivity index (χ3v) is 2.23. The first-order chi connectivity index (χ1) is 5.92. The molecule has 0 aliphatic heterocycles. The molecule has 1 fully saturated rings. The van der Waals surface area contributed by atoms with Crippen molar-refractivity contribution in [2.75, 3.05) is 0 Å². The van der Waals surface area contributed by atoms with Crippen LogP contribution in [0.1, 0.15) is 29.9 Å². The molecule has 0 spiro atoms. The van der Waals surface area contributed by atoms with Crippen LogP contribution in [0.25, 0.3) is 0 Å². The van der Waals surface area contributed by atoms with Gasteiger partial charge in [-0.05, 0) is 36.0 Å². The van der Waals surface area contributed by atoms with E-state index in [9.17, 15) is 0 Å². The number of aromatic nitrogens is 1. The van der Waals surface area contributed by atoms with Crippen molar-refractivity contribution in [3.63, 3.8) is 0 Å². The molecule has 1 aliphatic carbocycles. The normalized spacial score (nSPS) is 15.6. The maximum Gasteiger partial charge on any atom is 0.0670 e. The van der Waals surface area contributed by atoms with Crippen molar-refractivity contribution in [1.29, 1.82) is 5.26 Å². The van der Waals surface area contributed by atoms with Gasteiger partial charge in [0.1, 0.15) is 0 Å². The van der Waals surface area contributed by atoms with Crippen LogP contribution in [0.2, 0.25) is 0 Å². The molecule has 2 nitrogen and oxygen atoms in total. The molecule has 0 N–H and O–H groups in total. The van der Waals surface area contributed by atoms with Crippen LogP contribution in [-0.4, -0.2) is 4.98 Å². The van der Waals surface area contributed by atoms with Crippen molar-refractivity contribution in [2.24, 2.45) is 0 Å². The van der Waals surface area contributed by atoms with Crippen molar-refractivity contribution in [3.05, 3.63) is 29.6 Å². The van der Waals surface area contributed by atoms with Crippen molar-refractivity contribution >= 4 is 0 Å². The van der Waals surface area contributed by atoms with Gasteiger partial charge in [0.05, 0.1) is 12.5 Å². The highest BCUT2D eigenvalue weighted by Crippen LogP contribution is 2.41. The van der Waals surface area contributed by atoms with Crippen LogP contribution in [0.3, 0.4) is 0 Å². The van der Waals surface area contributed by atoms with Gasteiger partial charge in [0, 0.05) is 12.4 Å². The van der Waals surface area contributed by atoms with Gasteiger partial charge >= 0.3 is 0 Å². The highest BCUT2D eigenvalue weighted by Gasteiger charge is 2.25. The van der Waals surface area contributed by atoms with Crippen LogP contribution < -0.4 is 0 Å². The van der Waals surface area contributed by atoms with Crippen molar-refractivity contribution in [1.82, 2.24) is 4.98 Å². The van der Waals surface area contributed by atoms with E-state index in [-0.39, 0.29) is 0 Å². The minimum Gasteiger partial charge on any atom is -0.264 e. The molecule has 1 aromatic rings. The Labute approximate surface area is 71.9 Å². The van der Waals surface area contributed by atoms with E-state index in [1.54, 1.807) is 0 Å². The molecule has 1 saturated carbocycles. The molecule has 0 radical (unpaired) electrons. The van der Waals surface area contributed by atoms with E-state index in [0.29, 0.717) is 6.42 Å². The largest absolute Gasteiger partial charge is 0.264 e. The van der Waals surface area contributed by atoms with Gasteiger partial charge in [-0.3, -0.25) is 4.98 Å². The standard InChI is InChI=1S/C10H10N2/c11-5-3-9-7-12-6-4-10(9)8-1-2-8/h4,6-8H,1-3H2. The van der Waals surface area contributed by atoms with Gasteiger partial charge in [0.2, 0.25) is 0 Å². The lowest BCUT2D eigenvalue weighted by Crippen LogP contribution is -1.91. The first kappa shape index (κ1) is 7.30. The fourth-order valence-electron chi connectivity index (χ4n) is 1.46. The molecule has 12 heavy (non-hydrogen) atoms. The van der Waals surface area contributed by atoms with Gasteiger partial charge in [-0.2, -0.15) is 5.26 Å². The first-order valence-electron chi connectivity index (χ1n) is 4.21. The Bertz CT molecular complexity index is 321. The van der Waals surface area contributed by atoms with E-state index in [1.165, 1.54) is 18.4 Å². The molecule has 0 unspecified atom stereocenters. The van der Waals surface area contributed by atoms with Crippen LogP contribution in [0.15, 0.2) is 18.5 Å². The van der Waals surface area contributed by atoms with E-state index in [0.717, 1.165) is 11.5 Å². The lowest BCUT2D eigenvalue weighted by molar-refractivity contribution is 1.04. The van der Waals surface area contributed by atoms with E-state index in [1.807, 2.05) is 18.5 Å². The zero-order valence-electron chi connectivity index (χ0n) is 6.83. The Kier molecular flexibility index (Phi) is 1.79. The van der Waals surface area contributed by atoms with Crippen molar-refractivity contribution < 1.29 is 0 Å². The summed E-state index contributed by atoms with van der Waals surface area (Å²) in [6, 6.07) is 4.21. The maximum atomic E-state index is 8.57. The summed E-state index contributed by atoms with van der Waals surface area (Å²) in [6.07, 6.45) is 6.69. The summed E-state index contributed by atoms with van der Waals surface area (Å²) >= 11 is 0. The third kappa shape index (κ3) is 1.31. The molecule has 0 bridgehead atoms. The molecule has 1 aromatic heterocycles. The molecule has 2 rings (SSSR count). The molecule has 0 atom stereocenters. The first-order valence-corrected chi connectivity index (χ1v) is 4.21. The molecule has 1 heterocycles. The number of pyridine rings is 1. The Hall–Kier alpha value is -1.36. The third-order valence-electron chi connectivity index (χ3n) is 2.23. The number of hydrogen-bond donors (Lipinski definition) is 0.